The van der Waals surface area contributed by atoms with E-state index >= 15 is 0 Å². The zero-order valence-corrected chi connectivity index (χ0v) is 16.8. The normalized spacial score (nSPS) is 11.5. The minimum Gasteiger partial charge on any atom is -0.457 e. The molecule has 0 radical (unpaired) electrons. The van der Waals surface area contributed by atoms with Crippen LogP contribution in [0.5, 0.6) is 11.5 Å². The maximum absolute atomic E-state index is 12.8. The van der Waals surface area contributed by atoms with E-state index in [0.29, 0.717) is 10.6 Å². The molecule has 0 unspecified atom stereocenters. The summed E-state index contributed by atoms with van der Waals surface area (Å²) in [5, 5.41) is 0. The Bertz CT molecular complexity index is 987. The van der Waals surface area contributed by atoms with Crippen molar-refractivity contribution in [3.63, 3.8) is 0 Å². The van der Waals surface area contributed by atoms with Gasteiger partial charge < -0.3 is 4.74 Å². The number of sulfonamides is 1. The highest BCUT2D eigenvalue weighted by Gasteiger charge is 2.21. The molecule has 0 saturated carbocycles. The number of para-hydroxylation sites is 1. The topological polar surface area (TPSA) is 46.6 Å². The van der Waals surface area contributed by atoms with Gasteiger partial charge in [0.25, 0.3) is 0 Å². The lowest BCUT2D eigenvalue weighted by Gasteiger charge is -2.18. The van der Waals surface area contributed by atoms with Crippen LogP contribution in [0.4, 0.5) is 0 Å². The molecule has 4 nitrogen and oxygen atoms in total. The van der Waals surface area contributed by atoms with Gasteiger partial charge in [-0.25, -0.2) is 8.42 Å². The van der Waals surface area contributed by atoms with Crippen LogP contribution >= 0.6 is 11.8 Å². The van der Waals surface area contributed by atoms with Gasteiger partial charge in [0.05, 0.1) is 4.90 Å². The van der Waals surface area contributed by atoms with Gasteiger partial charge in [0.15, 0.2) is 0 Å². The van der Waals surface area contributed by atoms with E-state index in [0.717, 1.165) is 16.2 Å². The molecule has 0 amide bonds. The molecule has 0 aliphatic heterocycles. The van der Waals surface area contributed by atoms with Crippen LogP contribution in [0.25, 0.3) is 0 Å². The predicted molar refractivity (Wildman–Crippen MR) is 110 cm³/mol. The van der Waals surface area contributed by atoms with Gasteiger partial charge in [0, 0.05) is 18.5 Å². The number of rotatable bonds is 7. The first-order valence-electron chi connectivity index (χ1n) is 8.41. The number of ether oxygens (including phenoxy) is 1. The molecule has 0 saturated heterocycles. The molecule has 0 aliphatic carbocycles. The number of hydrogen-bond donors (Lipinski definition) is 0. The summed E-state index contributed by atoms with van der Waals surface area (Å²) in [5.74, 6) is 1.42. The average Bonchev–Trinajstić information content (AvgIpc) is 2.69. The second-order valence-electron chi connectivity index (χ2n) is 6.00. The van der Waals surface area contributed by atoms with Crippen LogP contribution in [0, 0.1) is 0 Å². The van der Waals surface area contributed by atoms with Gasteiger partial charge in [0.1, 0.15) is 11.5 Å². The Morgan fingerprint density at radius 2 is 1.56 bits per heavy atom. The Kier molecular flexibility index (Phi) is 6.21. The van der Waals surface area contributed by atoms with Crippen molar-refractivity contribution < 1.29 is 13.2 Å². The monoisotopic (exact) mass is 399 g/mol. The van der Waals surface area contributed by atoms with Crippen molar-refractivity contribution in [2.45, 2.75) is 16.3 Å². The smallest absolute Gasteiger partial charge is 0.243 e. The molecule has 3 rings (SSSR count). The maximum atomic E-state index is 12.8. The van der Waals surface area contributed by atoms with Crippen LogP contribution < -0.4 is 4.74 Å². The Morgan fingerprint density at radius 1 is 0.889 bits per heavy atom. The van der Waals surface area contributed by atoms with Crippen molar-refractivity contribution in [2.75, 3.05) is 13.3 Å². The Hall–Kier alpha value is -2.28. The van der Waals surface area contributed by atoms with Crippen LogP contribution in [0.3, 0.4) is 0 Å². The predicted octanol–water partition coefficient (Wildman–Crippen LogP) is 5.02. The van der Waals surface area contributed by atoms with Crippen LogP contribution in [0.15, 0.2) is 88.7 Å². The summed E-state index contributed by atoms with van der Waals surface area (Å²) in [4.78, 5) is 1.32. The summed E-state index contributed by atoms with van der Waals surface area (Å²) in [6.45, 7) is 0.263. The number of hydrogen-bond acceptors (Lipinski definition) is 4. The molecule has 3 aromatic carbocycles. The standard InChI is InChI=1S/C21H21NO3S2/c1-22(27(23,24)21-13-11-20(26-2)12-14-21)16-17-7-6-10-19(15-17)25-18-8-4-3-5-9-18/h3-15H,16H2,1-2H3. The summed E-state index contributed by atoms with van der Waals surface area (Å²) < 4.78 is 32.8. The minimum absolute atomic E-state index is 0.263. The number of benzene rings is 3. The lowest BCUT2D eigenvalue weighted by molar-refractivity contribution is 0.461. The summed E-state index contributed by atoms with van der Waals surface area (Å²) in [6.07, 6.45) is 1.96. The Labute approximate surface area is 164 Å². The molecule has 0 atom stereocenters. The second-order valence-corrected chi connectivity index (χ2v) is 8.92. The van der Waals surface area contributed by atoms with Crippen LogP contribution in [0.2, 0.25) is 0 Å². The zero-order valence-electron chi connectivity index (χ0n) is 15.2. The lowest BCUT2D eigenvalue weighted by atomic mass is 10.2. The van der Waals surface area contributed by atoms with Crippen LogP contribution in [0.1, 0.15) is 5.56 Å². The van der Waals surface area contributed by atoms with Crippen molar-refractivity contribution >= 4 is 21.8 Å². The van der Waals surface area contributed by atoms with E-state index in [4.69, 9.17) is 4.74 Å². The quantitative estimate of drug-likeness (QED) is 0.523. The first-order chi connectivity index (χ1) is 13.0. The van der Waals surface area contributed by atoms with Crippen molar-refractivity contribution in [2.24, 2.45) is 0 Å². The molecule has 140 valence electrons. The third-order valence-corrected chi connectivity index (χ3v) is 6.61. The number of thioether (sulfide) groups is 1. The van der Waals surface area contributed by atoms with Gasteiger partial charge in [-0.15, -0.1) is 11.8 Å². The molecule has 0 heterocycles. The fourth-order valence-corrected chi connectivity index (χ4v) is 4.17. The Morgan fingerprint density at radius 3 is 2.22 bits per heavy atom. The highest BCUT2D eigenvalue weighted by molar-refractivity contribution is 7.98. The lowest BCUT2D eigenvalue weighted by Crippen LogP contribution is -2.26. The van der Waals surface area contributed by atoms with E-state index in [2.05, 4.69) is 0 Å². The molecule has 3 aromatic rings. The summed E-state index contributed by atoms with van der Waals surface area (Å²) in [7, 11) is -1.96. The third-order valence-electron chi connectivity index (χ3n) is 4.05. The largest absolute Gasteiger partial charge is 0.457 e. The van der Waals surface area contributed by atoms with E-state index in [9.17, 15) is 8.42 Å². The van der Waals surface area contributed by atoms with E-state index in [1.807, 2.05) is 73.0 Å². The maximum Gasteiger partial charge on any atom is 0.243 e. The molecular formula is C21H21NO3S2. The first-order valence-corrected chi connectivity index (χ1v) is 11.1. The zero-order chi connectivity index (χ0) is 19.3. The molecular weight excluding hydrogens is 378 g/mol. The molecule has 0 N–H and O–H groups in total. The molecule has 0 aliphatic rings. The van der Waals surface area contributed by atoms with E-state index in [1.165, 1.54) is 4.31 Å². The summed E-state index contributed by atoms with van der Waals surface area (Å²) >= 11 is 1.58. The average molecular weight is 400 g/mol. The van der Waals surface area contributed by atoms with Crippen molar-refractivity contribution in [1.82, 2.24) is 4.31 Å². The highest BCUT2D eigenvalue weighted by atomic mass is 32.2. The van der Waals surface area contributed by atoms with Crippen molar-refractivity contribution in [3.05, 3.63) is 84.4 Å². The van der Waals surface area contributed by atoms with E-state index in [-0.39, 0.29) is 6.54 Å². The van der Waals surface area contributed by atoms with Gasteiger partial charge in [0.2, 0.25) is 10.0 Å². The Balaban J connectivity index is 1.74. The van der Waals surface area contributed by atoms with Crippen molar-refractivity contribution in [3.8, 4) is 11.5 Å². The van der Waals surface area contributed by atoms with E-state index in [1.54, 1.807) is 30.9 Å². The van der Waals surface area contributed by atoms with Gasteiger partial charge in [-0.2, -0.15) is 4.31 Å². The fourth-order valence-electron chi connectivity index (χ4n) is 2.60. The van der Waals surface area contributed by atoms with E-state index < -0.39 is 10.0 Å². The second kappa shape index (κ2) is 8.61. The summed E-state index contributed by atoms with van der Waals surface area (Å²) in [6, 6.07) is 23.9. The minimum atomic E-state index is -3.55. The molecule has 0 spiro atoms. The molecule has 27 heavy (non-hydrogen) atoms. The van der Waals surface area contributed by atoms with Gasteiger partial charge in [-0.3, -0.25) is 0 Å². The third kappa shape index (κ3) is 4.91. The molecule has 0 bridgehead atoms. The first kappa shape index (κ1) is 19.5. The van der Waals surface area contributed by atoms with Gasteiger partial charge in [-0.1, -0.05) is 30.3 Å². The van der Waals surface area contributed by atoms with Crippen molar-refractivity contribution in [1.29, 1.82) is 0 Å². The highest BCUT2D eigenvalue weighted by Crippen LogP contribution is 2.24. The van der Waals surface area contributed by atoms with Gasteiger partial charge >= 0.3 is 0 Å². The van der Waals surface area contributed by atoms with Crippen LogP contribution in [-0.4, -0.2) is 26.0 Å². The summed E-state index contributed by atoms with van der Waals surface area (Å²) in [5.41, 5.74) is 0.857. The van der Waals surface area contributed by atoms with Crippen LogP contribution in [-0.2, 0) is 16.6 Å². The SMILES string of the molecule is CSc1ccc(S(=O)(=O)N(C)Cc2cccc(Oc3ccccc3)c2)cc1. The molecule has 6 heteroatoms. The number of nitrogens with zero attached hydrogens (tertiary/aromatic N) is 1. The fraction of sp³-hybridized carbons (Fsp3) is 0.143. The van der Waals surface area contributed by atoms with Gasteiger partial charge in [-0.05, 0) is 60.4 Å². The molecule has 0 aromatic heterocycles. The molecule has 0 fully saturated rings.